The van der Waals surface area contributed by atoms with Crippen LogP contribution in [0.5, 0.6) is 0 Å². The molecule has 0 aliphatic rings. The Hall–Kier alpha value is -1.70. The highest BCUT2D eigenvalue weighted by molar-refractivity contribution is 7.80. The molecule has 0 amide bonds. The van der Waals surface area contributed by atoms with Crippen molar-refractivity contribution in [2.24, 2.45) is 0 Å². The fourth-order valence-corrected chi connectivity index (χ4v) is 1.76. The van der Waals surface area contributed by atoms with Gasteiger partial charge in [0.15, 0.2) is 11.4 Å². The Morgan fingerprint density at radius 3 is 2.33 bits per heavy atom. The van der Waals surface area contributed by atoms with Gasteiger partial charge in [-0.25, -0.2) is 0 Å². The van der Waals surface area contributed by atoms with Crippen LogP contribution in [0.25, 0.3) is 0 Å². The second-order valence-corrected chi connectivity index (χ2v) is 4.59. The van der Waals surface area contributed by atoms with Crippen molar-refractivity contribution < 1.29 is 19.0 Å². The van der Waals surface area contributed by atoms with Gasteiger partial charge in [-0.1, -0.05) is 12.1 Å². The summed E-state index contributed by atoms with van der Waals surface area (Å²) in [6, 6.07) is 7.37. The van der Waals surface area contributed by atoms with E-state index >= 15 is 0 Å². The van der Waals surface area contributed by atoms with Crippen molar-refractivity contribution in [3.63, 3.8) is 0 Å². The van der Waals surface area contributed by atoms with Crippen LogP contribution in [0.2, 0.25) is 0 Å². The Labute approximate surface area is 129 Å². The maximum atomic E-state index is 11.2. The van der Waals surface area contributed by atoms with Crippen LogP contribution in [0.1, 0.15) is 5.56 Å². The zero-order valence-corrected chi connectivity index (χ0v) is 13.2. The average molecular weight is 312 g/mol. The zero-order chi connectivity index (χ0) is 15.7. The van der Waals surface area contributed by atoms with Crippen molar-refractivity contribution in [3.05, 3.63) is 29.8 Å². The third-order valence-electron chi connectivity index (χ3n) is 2.74. The van der Waals surface area contributed by atoms with Gasteiger partial charge in [0.2, 0.25) is 0 Å². The lowest BCUT2D eigenvalue weighted by Gasteiger charge is -2.16. The molecule has 0 aliphatic carbocycles. The van der Waals surface area contributed by atoms with Crippen molar-refractivity contribution in [2.45, 2.75) is 12.7 Å². The van der Waals surface area contributed by atoms with Crippen LogP contribution in [-0.4, -0.2) is 45.2 Å². The first-order chi connectivity index (χ1) is 10.1. The van der Waals surface area contributed by atoms with E-state index in [1.165, 1.54) is 7.11 Å². The lowest BCUT2D eigenvalue weighted by atomic mass is 10.1. The Bertz CT molecular complexity index is 461. The molecule has 0 aromatic heterocycles. The highest BCUT2D eigenvalue weighted by Gasteiger charge is 2.06. The van der Waals surface area contributed by atoms with E-state index in [1.54, 1.807) is 14.2 Å². The minimum atomic E-state index is -0.354. The topological polar surface area (TPSA) is 68.8 Å². The Morgan fingerprint density at radius 1 is 1.19 bits per heavy atom. The van der Waals surface area contributed by atoms with E-state index in [9.17, 15) is 4.79 Å². The number of anilines is 1. The number of thiocarbonyl (C=S) groups is 1. The number of hydrogen-bond donors (Lipinski definition) is 2. The molecular formula is C14H20N2O4S. The minimum Gasteiger partial charge on any atom is -0.469 e. The third kappa shape index (κ3) is 6.52. The second-order valence-electron chi connectivity index (χ2n) is 4.19. The largest absolute Gasteiger partial charge is 0.469 e. The third-order valence-corrected chi connectivity index (χ3v) is 2.99. The van der Waals surface area contributed by atoms with Crippen LogP contribution >= 0.6 is 12.2 Å². The standard InChI is InChI=1S/C14H20N2O4S/c1-18-12(17)8-10-4-6-11(7-5-10)16-14(21)15-9-13(19-2)20-3/h4-7,13H,8-9H2,1-3H3,(H2,15,16,21). The van der Waals surface area contributed by atoms with Gasteiger partial charge in [0.1, 0.15) is 0 Å². The summed E-state index contributed by atoms with van der Waals surface area (Å²) in [5, 5.41) is 6.49. The van der Waals surface area contributed by atoms with E-state index in [-0.39, 0.29) is 18.7 Å². The van der Waals surface area contributed by atoms with Crippen LogP contribution in [-0.2, 0) is 25.4 Å². The number of nitrogens with one attached hydrogen (secondary N) is 2. The first-order valence-electron chi connectivity index (χ1n) is 6.35. The summed E-state index contributed by atoms with van der Waals surface area (Å²) in [5.41, 5.74) is 1.71. The Balaban J connectivity index is 2.44. The summed E-state index contributed by atoms with van der Waals surface area (Å²) < 4.78 is 14.7. The molecule has 0 saturated heterocycles. The van der Waals surface area contributed by atoms with Gasteiger partial charge in [-0.15, -0.1) is 0 Å². The Kier molecular flexibility index (Phi) is 7.66. The highest BCUT2D eigenvalue weighted by Crippen LogP contribution is 2.10. The van der Waals surface area contributed by atoms with Crippen molar-refractivity contribution in [1.29, 1.82) is 0 Å². The van der Waals surface area contributed by atoms with E-state index < -0.39 is 0 Å². The molecule has 2 N–H and O–H groups in total. The molecule has 0 bridgehead atoms. The summed E-state index contributed by atoms with van der Waals surface area (Å²) in [4.78, 5) is 11.2. The average Bonchev–Trinajstić information content (AvgIpc) is 2.50. The number of hydrogen-bond acceptors (Lipinski definition) is 5. The molecule has 1 rings (SSSR count). The van der Waals surface area contributed by atoms with Gasteiger partial charge in [0.25, 0.3) is 0 Å². The molecule has 0 atom stereocenters. The number of esters is 1. The maximum Gasteiger partial charge on any atom is 0.309 e. The summed E-state index contributed by atoms with van der Waals surface area (Å²) in [6.07, 6.45) is -0.102. The van der Waals surface area contributed by atoms with Crippen LogP contribution in [0.4, 0.5) is 5.69 Å². The molecular weight excluding hydrogens is 292 g/mol. The fraction of sp³-hybridized carbons (Fsp3) is 0.429. The second kappa shape index (κ2) is 9.28. The summed E-state index contributed by atoms with van der Waals surface area (Å²) in [7, 11) is 4.49. The van der Waals surface area contributed by atoms with Crippen LogP contribution < -0.4 is 10.6 Å². The Morgan fingerprint density at radius 2 is 1.81 bits per heavy atom. The quantitative estimate of drug-likeness (QED) is 0.447. The molecule has 6 nitrogen and oxygen atoms in total. The van der Waals surface area contributed by atoms with Crippen molar-refractivity contribution >= 4 is 29.0 Å². The summed E-state index contributed by atoms with van der Waals surface area (Å²) >= 11 is 5.16. The van der Waals surface area contributed by atoms with Crippen molar-refractivity contribution in [1.82, 2.24) is 5.32 Å². The van der Waals surface area contributed by atoms with E-state index in [4.69, 9.17) is 21.7 Å². The van der Waals surface area contributed by atoms with Crippen molar-refractivity contribution in [3.8, 4) is 0 Å². The van der Waals surface area contributed by atoms with Gasteiger partial charge in [-0.05, 0) is 29.9 Å². The number of carbonyl (C=O) groups excluding carboxylic acids is 1. The molecule has 1 aromatic rings. The van der Waals surface area contributed by atoms with Gasteiger partial charge in [-0.2, -0.15) is 0 Å². The first-order valence-corrected chi connectivity index (χ1v) is 6.76. The molecule has 7 heteroatoms. The predicted molar refractivity (Wildman–Crippen MR) is 84.2 cm³/mol. The van der Waals surface area contributed by atoms with E-state index in [2.05, 4.69) is 15.4 Å². The normalized spacial score (nSPS) is 10.3. The lowest BCUT2D eigenvalue weighted by molar-refractivity contribution is -0.139. The maximum absolute atomic E-state index is 11.2. The molecule has 1 aromatic carbocycles. The van der Waals surface area contributed by atoms with Crippen LogP contribution in [0, 0.1) is 0 Å². The molecule has 0 fully saturated rings. The number of carbonyl (C=O) groups is 1. The SMILES string of the molecule is COC(=O)Cc1ccc(NC(=S)NCC(OC)OC)cc1. The number of methoxy groups -OCH3 is 3. The molecule has 21 heavy (non-hydrogen) atoms. The smallest absolute Gasteiger partial charge is 0.309 e. The number of rotatable bonds is 7. The van der Waals surface area contributed by atoms with Gasteiger partial charge < -0.3 is 24.8 Å². The van der Waals surface area contributed by atoms with Gasteiger partial charge in [-0.3, -0.25) is 4.79 Å². The molecule has 0 radical (unpaired) electrons. The van der Waals surface area contributed by atoms with E-state index in [1.807, 2.05) is 24.3 Å². The van der Waals surface area contributed by atoms with Crippen LogP contribution in [0.15, 0.2) is 24.3 Å². The minimum absolute atomic E-state index is 0.253. The predicted octanol–water partition coefficient (Wildman–Crippen LogP) is 1.31. The van der Waals surface area contributed by atoms with E-state index in [0.717, 1.165) is 11.3 Å². The molecule has 0 spiro atoms. The molecule has 0 unspecified atom stereocenters. The first kappa shape index (κ1) is 17.4. The summed E-state index contributed by atoms with van der Waals surface area (Å²) in [6.45, 7) is 0.444. The highest BCUT2D eigenvalue weighted by atomic mass is 32.1. The molecule has 0 saturated carbocycles. The molecule has 0 heterocycles. The van der Waals surface area contributed by atoms with Gasteiger partial charge in [0.05, 0.1) is 20.1 Å². The lowest BCUT2D eigenvalue weighted by Crippen LogP contribution is -2.36. The molecule has 116 valence electrons. The monoisotopic (exact) mass is 312 g/mol. The summed E-state index contributed by atoms with van der Waals surface area (Å²) in [5.74, 6) is -0.266. The molecule has 0 aliphatic heterocycles. The van der Waals surface area contributed by atoms with E-state index in [0.29, 0.717) is 11.7 Å². The number of benzene rings is 1. The number of ether oxygens (including phenoxy) is 3. The fourth-order valence-electron chi connectivity index (χ4n) is 1.56. The van der Waals surface area contributed by atoms with Gasteiger partial charge in [0, 0.05) is 19.9 Å². The van der Waals surface area contributed by atoms with Crippen LogP contribution in [0.3, 0.4) is 0 Å². The zero-order valence-electron chi connectivity index (χ0n) is 12.3. The van der Waals surface area contributed by atoms with Gasteiger partial charge >= 0.3 is 5.97 Å². The van der Waals surface area contributed by atoms with Crippen molar-refractivity contribution in [2.75, 3.05) is 33.2 Å².